The number of para-hydroxylation sites is 1. The van der Waals surface area contributed by atoms with Crippen LogP contribution in [0.15, 0.2) is 65.6 Å². The number of hydrogen-bond donors (Lipinski definition) is 1. The lowest BCUT2D eigenvalue weighted by Gasteiger charge is -2.19. The number of carboxylic acids is 1. The maximum absolute atomic E-state index is 13.2. The highest BCUT2D eigenvalue weighted by atomic mass is 32.2. The Balaban J connectivity index is 1.45. The molecule has 0 radical (unpaired) electrons. The maximum atomic E-state index is 13.2. The number of carbonyl (C=O) groups is 1. The first kappa shape index (κ1) is 19.8. The number of rotatable bonds is 6. The van der Waals surface area contributed by atoms with Crippen molar-refractivity contribution in [2.45, 2.75) is 35.9 Å². The summed E-state index contributed by atoms with van der Waals surface area (Å²) in [6.07, 6.45) is 0.356. The molecule has 1 N–H and O–H groups in total. The first-order valence-electron chi connectivity index (χ1n) is 9.99. The van der Waals surface area contributed by atoms with Crippen molar-refractivity contribution in [2.75, 3.05) is 6.61 Å². The fourth-order valence-electron chi connectivity index (χ4n) is 4.52. The van der Waals surface area contributed by atoms with Crippen LogP contribution in [0.1, 0.15) is 24.3 Å². The van der Waals surface area contributed by atoms with E-state index in [0.717, 1.165) is 10.9 Å². The number of hydrogen-bond acceptors (Lipinski definition) is 6. The zero-order chi connectivity index (χ0) is 21.6. The highest BCUT2D eigenvalue weighted by Crippen LogP contribution is 2.52. The van der Waals surface area contributed by atoms with E-state index in [-0.39, 0.29) is 16.9 Å². The second-order valence-electron chi connectivity index (χ2n) is 7.68. The highest BCUT2D eigenvalue weighted by molar-refractivity contribution is 7.87. The van der Waals surface area contributed by atoms with Crippen LogP contribution < -0.4 is 9.47 Å². The van der Waals surface area contributed by atoms with Gasteiger partial charge in [-0.1, -0.05) is 48.5 Å². The van der Waals surface area contributed by atoms with E-state index in [4.69, 9.17) is 18.8 Å². The molecule has 8 heteroatoms. The molecule has 1 aliphatic carbocycles. The number of benzene rings is 3. The smallest absolute Gasteiger partial charge is 0.341 e. The van der Waals surface area contributed by atoms with E-state index < -0.39 is 28.8 Å². The second kappa shape index (κ2) is 7.55. The van der Waals surface area contributed by atoms with Gasteiger partial charge in [-0.05, 0) is 30.4 Å². The first-order chi connectivity index (χ1) is 14.9. The summed E-state index contributed by atoms with van der Waals surface area (Å²) in [5.41, 5.74) is 0.781. The Morgan fingerprint density at radius 3 is 2.65 bits per heavy atom. The zero-order valence-corrected chi connectivity index (χ0v) is 17.2. The molecule has 1 fully saturated rings. The average Bonchev–Trinajstić information content (AvgIpc) is 3.31. The van der Waals surface area contributed by atoms with Gasteiger partial charge in [0.15, 0.2) is 18.1 Å². The van der Waals surface area contributed by atoms with E-state index in [9.17, 15) is 13.2 Å². The van der Waals surface area contributed by atoms with Gasteiger partial charge in [-0.3, -0.25) is 4.18 Å². The summed E-state index contributed by atoms with van der Waals surface area (Å²) in [6, 6.07) is 17.6. The van der Waals surface area contributed by atoms with Gasteiger partial charge in [0, 0.05) is 10.9 Å². The van der Waals surface area contributed by atoms with Crippen molar-refractivity contribution >= 4 is 26.9 Å². The van der Waals surface area contributed by atoms with Crippen molar-refractivity contribution in [3.8, 4) is 11.5 Å². The second-order valence-corrected chi connectivity index (χ2v) is 9.22. The molecule has 2 aliphatic rings. The van der Waals surface area contributed by atoms with Gasteiger partial charge in [0.05, 0.1) is 12.0 Å². The summed E-state index contributed by atoms with van der Waals surface area (Å²) in [5, 5.41) is 10.3. The summed E-state index contributed by atoms with van der Waals surface area (Å²) >= 11 is 0. The van der Waals surface area contributed by atoms with Gasteiger partial charge in [0.25, 0.3) is 10.1 Å². The molecule has 3 unspecified atom stereocenters. The predicted molar refractivity (Wildman–Crippen MR) is 112 cm³/mol. The lowest BCUT2D eigenvalue weighted by Crippen LogP contribution is -2.24. The molecule has 7 nitrogen and oxygen atoms in total. The largest absolute Gasteiger partial charge is 0.485 e. The topological polar surface area (TPSA) is 99.1 Å². The third-order valence-electron chi connectivity index (χ3n) is 5.79. The van der Waals surface area contributed by atoms with E-state index in [1.165, 1.54) is 0 Å². The molecule has 160 valence electrons. The molecule has 0 saturated heterocycles. The summed E-state index contributed by atoms with van der Waals surface area (Å²) in [6.45, 7) is -0.482. The summed E-state index contributed by atoms with van der Waals surface area (Å²) in [5.74, 6) is -0.550. The van der Waals surface area contributed by atoms with Gasteiger partial charge in [-0.25, -0.2) is 4.79 Å². The first-order valence-corrected chi connectivity index (χ1v) is 11.4. The van der Waals surface area contributed by atoms with E-state index in [1.807, 2.05) is 24.3 Å². The molecule has 3 aromatic rings. The Kier molecular flexibility index (Phi) is 4.83. The molecule has 3 atom stereocenters. The molecule has 0 spiro atoms. The molecule has 5 rings (SSSR count). The zero-order valence-electron chi connectivity index (χ0n) is 16.4. The van der Waals surface area contributed by atoms with Crippen LogP contribution in [0.3, 0.4) is 0 Å². The minimum Gasteiger partial charge on any atom is -0.485 e. The molecule has 0 aromatic heterocycles. The fourth-order valence-corrected chi connectivity index (χ4v) is 5.87. The monoisotopic (exact) mass is 440 g/mol. The third-order valence-corrected chi connectivity index (χ3v) is 7.19. The Morgan fingerprint density at radius 1 is 1.03 bits per heavy atom. The van der Waals surface area contributed by atoms with E-state index in [2.05, 4.69) is 0 Å². The van der Waals surface area contributed by atoms with Crippen LogP contribution in [0.5, 0.6) is 11.5 Å². The number of aliphatic carboxylic acids is 1. The van der Waals surface area contributed by atoms with Crippen LogP contribution >= 0.6 is 0 Å². The SMILES string of the molecule is O=C(O)COc1cccc2c1OC1CCC(OS(=O)(=O)c3cccc4ccccc34)C21. The Hall–Kier alpha value is -3.10. The Morgan fingerprint density at radius 2 is 1.81 bits per heavy atom. The van der Waals surface area contributed by atoms with Crippen LogP contribution in [0.4, 0.5) is 0 Å². The molecular formula is C23H20O7S. The Labute approximate surface area is 179 Å². The van der Waals surface area contributed by atoms with Crippen molar-refractivity contribution < 1.29 is 32.0 Å². The van der Waals surface area contributed by atoms with Gasteiger partial charge in [0.2, 0.25) is 0 Å². The van der Waals surface area contributed by atoms with Gasteiger partial charge >= 0.3 is 5.97 Å². The number of fused-ring (bicyclic) bond motifs is 4. The third kappa shape index (κ3) is 3.51. The van der Waals surface area contributed by atoms with Crippen LogP contribution in [0, 0.1) is 0 Å². The van der Waals surface area contributed by atoms with Gasteiger partial charge < -0.3 is 14.6 Å². The highest BCUT2D eigenvalue weighted by Gasteiger charge is 2.48. The van der Waals surface area contributed by atoms with Gasteiger partial charge in [-0.15, -0.1) is 0 Å². The number of ether oxygens (including phenoxy) is 2. The van der Waals surface area contributed by atoms with Crippen molar-refractivity contribution in [1.82, 2.24) is 0 Å². The molecule has 1 saturated carbocycles. The lowest BCUT2D eigenvalue weighted by atomic mass is 9.95. The van der Waals surface area contributed by atoms with E-state index in [0.29, 0.717) is 29.7 Å². The molecular weight excluding hydrogens is 420 g/mol. The van der Waals surface area contributed by atoms with Crippen molar-refractivity contribution in [1.29, 1.82) is 0 Å². The van der Waals surface area contributed by atoms with Crippen molar-refractivity contribution in [3.05, 3.63) is 66.2 Å². The van der Waals surface area contributed by atoms with Crippen LogP contribution in [0.25, 0.3) is 10.8 Å². The van der Waals surface area contributed by atoms with Crippen molar-refractivity contribution in [3.63, 3.8) is 0 Å². The number of carboxylic acid groups (broad SMARTS) is 1. The molecule has 1 heterocycles. The molecule has 31 heavy (non-hydrogen) atoms. The van der Waals surface area contributed by atoms with Crippen LogP contribution in [0.2, 0.25) is 0 Å². The molecule has 0 amide bonds. The van der Waals surface area contributed by atoms with Gasteiger partial charge in [0.1, 0.15) is 11.0 Å². The maximum Gasteiger partial charge on any atom is 0.341 e. The molecule has 3 aromatic carbocycles. The predicted octanol–water partition coefficient (Wildman–Crippen LogP) is 3.72. The Bertz CT molecular complexity index is 1260. The molecule has 0 bridgehead atoms. The fraction of sp³-hybridized carbons (Fsp3) is 0.261. The molecule has 1 aliphatic heterocycles. The minimum atomic E-state index is -4.01. The standard InChI is InChI=1S/C23H20O7S/c24-21(25)13-28-19-9-4-8-16-22-17(29-23(16)19)11-12-18(22)30-31(26,27)20-10-3-6-14-5-1-2-7-15(14)20/h1-10,17-18,22H,11-13H2,(H,24,25). The van der Waals surface area contributed by atoms with Crippen LogP contribution in [-0.4, -0.2) is 38.3 Å². The van der Waals surface area contributed by atoms with E-state index >= 15 is 0 Å². The minimum absolute atomic E-state index is 0.145. The lowest BCUT2D eigenvalue weighted by molar-refractivity contribution is -0.139. The van der Waals surface area contributed by atoms with Crippen LogP contribution in [-0.2, 0) is 19.1 Å². The normalized spacial score (nSPS) is 22.0. The van der Waals surface area contributed by atoms with E-state index in [1.54, 1.807) is 36.4 Å². The summed E-state index contributed by atoms with van der Waals surface area (Å²) in [4.78, 5) is 11.0. The summed E-state index contributed by atoms with van der Waals surface area (Å²) < 4.78 is 43.5. The summed E-state index contributed by atoms with van der Waals surface area (Å²) in [7, 11) is -4.01. The van der Waals surface area contributed by atoms with Gasteiger partial charge in [-0.2, -0.15) is 8.42 Å². The van der Waals surface area contributed by atoms with Crippen molar-refractivity contribution in [2.24, 2.45) is 0 Å². The quantitative estimate of drug-likeness (QED) is 0.583. The average molecular weight is 440 g/mol.